The van der Waals surface area contributed by atoms with Crippen LogP contribution in [0.2, 0.25) is 0 Å². The van der Waals surface area contributed by atoms with Gasteiger partial charge in [0.05, 0.1) is 26.5 Å². The number of benzene rings is 1. The van der Waals surface area contributed by atoms with Crippen molar-refractivity contribution in [1.29, 1.82) is 0 Å². The number of ether oxygens (including phenoxy) is 3. The van der Waals surface area contributed by atoms with Crippen LogP contribution in [0.5, 0.6) is 17.2 Å². The Morgan fingerprint density at radius 2 is 1.83 bits per heavy atom. The Hall–Kier alpha value is -2.71. The number of rotatable bonds is 3. The fourth-order valence-corrected chi connectivity index (χ4v) is 2.51. The zero-order chi connectivity index (χ0) is 16.8. The predicted octanol–water partition coefficient (Wildman–Crippen LogP) is 2.78. The molecule has 124 valence electrons. The highest BCUT2D eigenvalue weighted by atomic mass is 16.5. The second kappa shape index (κ2) is 7.24. The summed E-state index contributed by atoms with van der Waals surface area (Å²) in [7, 11) is 1.63. The van der Waals surface area contributed by atoms with Crippen molar-refractivity contribution in [3.63, 3.8) is 0 Å². The lowest BCUT2D eigenvalue weighted by Gasteiger charge is -2.33. The van der Waals surface area contributed by atoms with Gasteiger partial charge in [-0.3, -0.25) is 4.98 Å². The van der Waals surface area contributed by atoms with Crippen LogP contribution in [0.3, 0.4) is 0 Å². The van der Waals surface area contributed by atoms with E-state index in [1.807, 2.05) is 24.3 Å². The first kappa shape index (κ1) is 16.2. The van der Waals surface area contributed by atoms with E-state index >= 15 is 0 Å². The first-order chi connectivity index (χ1) is 11.7. The van der Waals surface area contributed by atoms with Gasteiger partial charge in [-0.05, 0) is 36.3 Å². The summed E-state index contributed by atoms with van der Waals surface area (Å²) in [5.41, 5.74) is 0.0392. The smallest absolute Gasteiger partial charge is 0.173 e. The van der Waals surface area contributed by atoms with Gasteiger partial charge < -0.3 is 19.3 Å². The van der Waals surface area contributed by atoms with Crippen LogP contribution in [0.25, 0.3) is 0 Å². The number of hydrogen-bond donors (Lipinski definition) is 1. The standard InChI is InChI=1S/C19H19NO4/c1-22-17-2-4-18(5-3-17)24-19(8-10-23-11-9-19)7-6-15-12-16(21)14-20-13-15/h2-5,12-14,21H,8-11H2,1H3. The molecular weight excluding hydrogens is 306 g/mol. The zero-order valence-corrected chi connectivity index (χ0v) is 13.5. The van der Waals surface area contributed by atoms with Crippen molar-refractivity contribution in [3.8, 4) is 29.1 Å². The number of methoxy groups -OCH3 is 1. The van der Waals surface area contributed by atoms with Crippen molar-refractivity contribution in [2.24, 2.45) is 0 Å². The first-order valence-corrected chi connectivity index (χ1v) is 7.77. The predicted molar refractivity (Wildman–Crippen MR) is 89.2 cm³/mol. The molecule has 0 saturated carbocycles. The van der Waals surface area contributed by atoms with E-state index in [4.69, 9.17) is 14.2 Å². The van der Waals surface area contributed by atoms with E-state index in [0.29, 0.717) is 31.6 Å². The molecule has 24 heavy (non-hydrogen) atoms. The third-order valence-corrected chi connectivity index (χ3v) is 3.83. The van der Waals surface area contributed by atoms with Gasteiger partial charge in [-0.15, -0.1) is 0 Å². The average Bonchev–Trinajstić information content (AvgIpc) is 2.62. The van der Waals surface area contributed by atoms with Gasteiger partial charge in [-0.25, -0.2) is 0 Å². The van der Waals surface area contributed by atoms with E-state index in [0.717, 1.165) is 11.5 Å². The van der Waals surface area contributed by atoms with Gasteiger partial charge in [0.2, 0.25) is 0 Å². The van der Waals surface area contributed by atoms with Crippen LogP contribution in [0.15, 0.2) is 42.7 Å². The second-order valence-corrected chi connectivity index (χ2v) is 5.57. The fraction of sp³-hybridized carbons (Fsp3) is 0.316. The normalized spacial score (nSPS) is 15.9. The molecule has 0 amide bonds. The van der Waals surface area contributed by atoms with Gasteiger partial charge in [0.1, 0.15) is 17.2 Å². The van der Waals surface area contributed by atoms with Gasteiger partial charge in [0.15, 0.2) is 5.60 Å². The van der Waals surface area contributed by atoms with Crippen LogP contribution in [0.1, 0.15) is 18.4 Å². The average molecular weight is 325 g/mol. The number of nitrogens with zero attached hydrogens (tertiary/aromatic N) is 1. The van der Waals surface area contributed by atoms with Crippen molar-refractivity contribution in [2.45, 2.75) is 18.4 Å². The van der Waals surface area contributed by atoms with E-state index in [1.165, 1.54) is 6.20 Å². The highest BCUT2D eigenvalue weighted by Crippen LogP contribution is 2.29. The third kappa shape index (κ3) is 3.98. The SMILES string of the molecule is COc1ccc(OC2(C#Cc3cncc(O)c3)CCOCC2)cc1. The maximum atomic E-state index is 9.51. The number of aromatic nitrogens is 1. The Kier molecular flexibility index (Phi) is 4.88. The minimum Gasteiger partial charge on any atom is -0.506 e. The number of aromatic hydroxyl groups is 1. The topological polar surface area (TPSA) is 60.8 Å². The Balaban J connectivity index is 1.84. The Morgan fingerprint density at radius 1 is 1.12 bits per heavy atom. The molecule has 0 aliphatic carbocycles. The molecule has 0 radical (unpaired) electrons. The van der Waals surface area contributed by atoms with Crippen molar-refractivity contribution in [2.75, 3.05) is 20.3 Å². The van der Waals surface area contributed by atoms with E-state index in [1.54, 1.807) is 19.4 Å². The Morgan fingerprint density at radius 3 is 2.50 bits per heavy atom. The van der Waals surface area contributed by atoms with Crippen LogP contribution in [-0.2, 0) is 4.74 Å². The molecule has 0 unspecified atom stereocenters. The van der Waals surface area contributed by atoms with E-state index in [2.05, 4.69) is 16.8 Å². The van der Waals surface area contributed by atoms with Crippen LogP contribution in [0.4, 0.5) is 0 Å². The molecule has 5 heteroatoms. The minimum atomic E-state index is -0.613. The molecule has 0 atom stereocenters. The largest absolute Gasteiger partial charge is 0.506 e. The van der Waals surface area contributed by atoms with Crippen LogP contribution in [0, 0.1) is 11.8 Å². The first-order valence-electron chi connectivity index (χ1n) is 7.77. The van der Waals surface area contributed by atoms with E-state index in [9.17, 15) is 5.11 Å². The second-order valence-electron chi connectivity index (χ2n) is 5.57. The van der Waals surface area contributed by atoms with Gasteiger partial charge in [-0.1, -0.05) is 5.92 Å². The molecule has 1 fully saturated rings. The molecule has 1 aliphatic rings. The van der Waals surface area contributed by atoms with E-state index < -0.39 is 5.60 Å². The summed E-state index contributed by atoms with van der Waals surface area (Å²) in [6, 6.07) is 9.03. The summed E-state index contributed by atoms with van der Waals surface area (Å²) in [5, 5.41) is 9.51. The molecule has 0 spiro atoms. The molecule has 2 heterocycles. The lowest BCUT2D eigenvalue weighted by molar-refractivity contribution is -0.0112. The van der Waals surface area contributed by atoms with Gasteiger partial charge in [0.25, 0.3) is 0 Å². The highest BCUT2D eigenvalue weighted by Gasteiger charge is 2.33. The van der Waals surface area contributed by atoms with Crippen molar-refractivity contribution in [3.05, 3.63) is 48.3 Å². The molecular formula is C19H19NO4. The summed E-state index contributed by atoms with van der Waals surface area (Å²) in [4.78, 5) is 3.94. The van der Waals surface area contributed by atoms with E-state index in [-0.39, 0.29) is 5.75 Å². The Bertz CT molecular complexity index is 740. The monoisotopic (exact) mass is 325 g/mol. The molecule has 1 aromatic carbocycles. The molecule has 1 saturated heterocycles. The molecule has 1 aromatic heterocycles. The summed E-state index contributed by atoms with van der Waals surface area (Å²) in [6.45, 7) is 1.20. The molecule has 3 rings (SSSR count). The third-order valence-electron chi connectivity index (χ3n) is 3.83. The summed E-state index contributed by atoms with van der Waals surface area (Å²) < 4.78 is 16.8. The number of hydrogen-bond acceptors (Lipinski definition) is 5. The van der Waals surface area contributed by atoms with Crippen LogP contribution >= 0.6 is 0 Å². The van der Waals surface area contributed by atoms with Crippen molar-refractivity contribution >= 4 is 0 Å². The molecule has 5 nitrogen and oxygen atoms in total. The lowest BCUT2D eigenvalue weighted by Crippen LogP contribution is -2.40. The molecule has 1 N–H and O–H groups in total. The molecule has 0 bridgehead atoms. The molecule has 1 aliphatic heterocycles. The lowest BCUT2D eigenvalue weighted by atomic mass is 9.94. The Labute approximate surface area is 141 Å². The van der Waals surface area contributed by atoms with Gasteiger partial charge in [-0.2, -0.15) is 0 Å². The molecule has 2 aromatic rings. The highest BCUT2D eigenvalue weighted by molar-refractivity contribution is 5.39. The van der Waals surface area contributed by atoms with Crippen molar-refractivity contribution < 1.29 is 19.3 Å². The maximum absolute atomic E-state index is 9.51. The van der Waals surface area contributed by atoms with Crippen LogP contribution in [-0.4, -0.2) is 36.0 Å². The quantitative estimate of drug-likeness (QED) is 0.879. The van der Waals surface area contributed by atoms with Crippen LogP contribution < -0.4 is 9.47 Å². The maximum Gasteiger partial charge on any atom is 0.173 e. The zero-order valence-electron chi connectivity index (χ0n) is 13.5. The fourth-order valence-electron chi connectivity index (χ4n) is 2.51. The van der Waals surface area contributed by atoms with Gasteiger partial charge >= 0.3 is 0 Å². The summed E-state index contributed by atoms with van der Waals surface area (Å²) >= 11 is 0. The van der Waals surface area contributed by atoms with Gasteiger partial charge in [0, 0.05) is 24.6 Å². The summed E-state index contributed by atoms with van der Waals surface area (Å²) in [5.74, 6) is 7.89. The summed E-state index contributed by atoms with van der Waals surface area (Å²) in [6.07, 6.45) is 4.35. The minimum absolute atomic E-state index is 0.0962. The van der Waals surface area contributed by atoms with Crippen molar-refractivity contribution in [1.82, 2.24) is 4.98 Å². The number of pyridine rings is 1.